The highest BCUT2D eigenvalue weighted by Gasteiger charge is 2.38. The van der Waals surface area contributed by atoms with Gasteiger partial charge in [-0.25, -0.2) is 14.6 Å². The van der Waals surface area contributed by atoms with E-state index >= 15 is 0 Å². The van der Waals surface area contributed by atoms with Gasteiger partial charge < -0.3 is 30.4 Å². The molecule has 0 radical (unpaired) electrons. The van der Waals surface area contributed by atoms with Crippen molar-refractivity contribution in [2.45, 2.75) is 31.5 Å². The Morgan fingerprint density at radius 2 is 1.67 bits per heavy atom. The zero-order valence-electron chi connectivity index (χ0n) is 20.4. The van der Waals surface area contributed by atoms with Crippen molar-refractivity contribution in [2.24, 2.45) is 5.73 Å². The molecule has 17 heteroatoms. The second-order valence-corrected chi connectivity index (χ2v) is 7.82. The fourth-order valence-corrected chi connectivity index (χ4v) is 2.97. The fraction of sp³-hybridized carbons (Fsp3) is 0.455. The normalized spacial score (nSPS) is 15.5. The van der Waals surface area contributed by atoms with Crippen LogP contribution < -0.4 is 11.3 Å². The molecule has 1 saturated heterocycles. The second-order valence-electron chi connectivity index (χ2n) is 7.82. The molecule has 1 atom stereocenters. The number of rotatable bonds is 6. The first kappa shape index (κ1) is 33.5. The number of hydrogen-bond acceptors (Lipinski definition) is 8. The van der Waals surface area contributed by atoms with Gasteiger partial charge in [0, 0.05) is 31.3 Å². The van der Waals surface area contributed by atoms with Crippen molar-refractivity contribution in [1.82, 2.24) is 14.9 Å². The number of carboxylic acid groups (broad SMARTS) is 2. The average Bonchev–Trinajstić information content (AvgIpc) is 2.84. The topological polar surface area (TPSA) is 168 Å². The van der Waals surface area contributed by atoms with Gasteiger partial charge in [-0.05, 0) is 12.6 Å². The van der Waals surface area contributed by atoms with E-state index in [2.05, 4.69) is 14.9 Å². The summed E-state index contributed by atoms with van der Waals surface area (Å²) in [5.41, 5.74) is 8.01. The molecule has 0 amide bonds. The predicted octanol–water partition coefficient (Wildman–Crippen LogP) is 2.01. The third-order valence-electron chi connectivity index (χ3n) is 4.60. The van der Waals surface area contributed by atoms with Gasteiger partial charge in [-0.1, -0.05) is 24.3 Å². The van der Waals surface area contributed by atoms with E-state index in [0.29, 0.717) is 37.9 Å². The first-order chi connectivity index (χ1) is 18.0. The van der Waals surface area contributed by atoms with Crippen LogP contribution in [0.3, 0.4) is 0 Å². The van der Waals surface area contributed by atoms with E-state index in [9.17, 15) is 31.1 Å². The number of H-pyrrole nitrogens is 1. The van der Waals surface area contributed by atoms with Crippen LogP contribution >= 0.6 is 0 Å². The maximum Gasteiger partial charge on any atom is 0.490 e. The minimum atomic E-state index is -5.08. The summed E-state index contributed by atoms with van der Waals surface area (Å²) in [6, 6.07) is 9.35. The molecule has 1 fully saturated rings. The molecule has 1 aliphatic heterocycles. The van der Waals surface area contributed by atoms with Crippen molar-refractivity contribution < 1.29 is 55.6 Å². The van der Waals surface area contributed by atoms with E-state index in [1.54, 1.807) is 0 Å². The van der Waals surface area contributed by atoms with Crippen molar-refractivity contribution in [3.05, 3.63) is 51.9 Å². The molecule has 1 aromatic heterocycles. The van der Waals surface area contributed by atoms with Crippen LogP contribution in [0.1, 0.15) is 11.3 Å². The molecule has 0 saturated carbocycles. The number of nitrogens with zero attached hydrogens (tertiary/aromatic N) is 2. The van der Waals surface area contributed by atoms with Crippen LogP contribution in [0.25, 0.3) is 11.4 Å². The van der Waals surface area contributed by atoms with Crippen LogP contribution in [-0.2, 0) is 32.2 Å². The smallest absolute Gasteiger partial charge is 0.475 e. The van der Waals surface area contributed by atoms with Gasteiger partial charge in [0.05, 0.1) is 31.6 Å². The van der Waals surface area contributed by atoms with Crippen LogP contribution in [0.4, 0.5) is 26.3 Å². The molecule has 0 aliphatic carbocycles. The Hall–Kier alpha value is -3.54. The lowest BCUT2D eigenvalue weighted by molar-refractivity contribution is -0.193. The van der Waals surface area contributed by atoms with Crippen LogP contribution in [0.5, 0.6) is 0 Å². The van der Waals surface area contributed by atoms with E-state index in [-0.39, 0.29) is 18.2 Å². The van der Waals surface area contributed by atoms with Crippen molar-refractivity contribution in [3.63, 3.8) is 0 Å². The largest absolute Gasteiger partial charge is 0.490 e. The van der Waals surface area contributed by atoms with E-state index in [1.807, 2.05) is 31.3 Å². The quantitative estimate of drug-likeness (QED) is 0.376. The summed E-state index contributed by atoms with van der Waals surface area (Å²) in [5, 5.41) is 14.2. The SMILES string of the molecule is CN(Cc1ccccc1-c1nc(CN)cc(=O)[nH]1)CC1COCCO1.O=C(O)C(F)(F)F.O=C(O)C(F)(F)F. The van der Waals surface area contributed by atoms with Gasteiger partial charge in [0.2, 0.25) is 0 Å². The van der Waals surface area contributed by atoms with Gasteiger partial charge in [0.1, 0.15) is 5.82 Å². The second kappa shape index (κ2) is 15.2. The zero-order chi connectivity index (χ0) is 29.8. The molecule has 2 heterocycles. The number of benzene rings is 1. The van der Waals surface area contributed by atoms with E-state index in [4.69, 9.17) is 35.0 Å². The molecule has 39 heavy (non-hydrogen) atoms. The first-order valence-electron chi connectivity index (χ1n) is 10.9. The van der Waals surface area contributed by atoms with Crippen LogP contribution in [0, 0.1) is 0 Å². The summed E-state index contributed by atoms with van der Waals surface area (Å²) >= 11 is 0. The minimum Gasteiger partial charge on any atom is -0.475 e. The van der Waals surface area contributed by atoms with Crippen LogP contribution in [0.2, 0.25) is 0 Å². The molecular formula is C22H26F6N4O7. The summed E-state index contributed by atoms with van der Waals surface area (Å²) in [4.78, 5) is 39.1. The Balaban J connectivity index is 0.000000449. The fourth-order valence-electron chi connectivity index (χ4n) is 2.97. The third kappa shape index (κ3) is 12.7. The monoisotopic (exact) mass is 572 g/mol. The number of carbonyl (C=O) groups is 2. The number of aromatic nitrogens is 2. The number of alkyl halides is 6. The Kier molecular flexibility index (Phi) is 13.0. The van der Waals surface area contributed by atoms with E-state index < -0.39 is 24.3 Å². The maximum atomic E-state index is 11.8. The molecular weight excluding hydrogens is 546 g/mol. The number of likely N-dealkylation sites (N-methyl/N-ethyl adjacent to an activating group) is 1. The molecule has 1 aromatic carbocycles. The van der Waals surface area contributed by atoms with Crippen molar-refractivity contribution in [3.8, 4) is 11.4 Å². The maximum absolute atomic E-state index is 11.8. The lowest BCUT2D eigenvalue weighted by Crippen LogP contribution is -2.38. The Morgan fingerprint density at radius 1 is 1.10 bits per heavy atom. The zero-order valence-corrected chi connectivity index (χ0v) is 20.4. The lowest BCUT2D eigenvalue weighted by atomic mass is 10.1. The van der Waals surface area contributed by atoms with Gasteiger partial charge in [0.25, 0.3) is 5.56 Å². The number of hydrogen-bond donors (Lipinski definition) is 4. The molecule has 0 bridgehead atoms. The highest BCUT2D eigenvalue weighted by Crippen LogP contribution is 2.21. The van der Waals surface area contributed by atoms with Crippen LogP contribution in [-0.4, -0.2) is 88.9 Å². The number of ether oxygens (including phenoxy) is 2. The Morgan fingerprint density at radius 3 is 2.15 bits per heavy atom. The highest BCUT2D eigenvalue weighted by atomic mass is 19.4. The molecule has 2 aromatic rings. The van der Waals surface area contributed by atoms with E-state index in [1.165, 1.54) is 6.07 Å². The summed E-state index contributed by atoms with van der Waals surface area (Å²) < 4.78 is 74.6. The number of halogens is 6. The Bertz CT molecular complexity index is 1110. The number of aromatic amines is 1. The van der Waals surface area contributed by atoms with Gasteiger partial charge in [-0.15, -0.1) is 0 Å². The number of aliphatic carboxylic acids is 2. The minimum absolute atomic E-state index is 0.0874. The summed E-state index contributed by atoms with van der Waals surface area (Å²) in [6.07, 6.45) is -10.1. The lowest BCUT2D eigenvalue weighted by Gasteiger charge is -2.27. The average molecular weight is 572 g/mol. The predicted molar refractivity (Wildman–Crippen MR) is 122 cm³/mol. The number of carboxylic acids is 2. The summed E-state index contributed by atoms with van der Waals surface area (Å²) in [6.45, 7) is 3.66. The van der Waals surface area contributed by atoms with Gasteiger partial charge >= 0.3 is 24.3 Å². The van der Waals surface area contributed by atoms with Crippen molar-refractivity contribution in [2.75, 3.05) is 33.4 Å². The molecule has 1 aliphatic rings. The summed E-state index contributed by atoms with van der Waals surface area (Å²) in [7, 11) is 2.04. The van der Waals surface area contributed by atoms with Gasteiger partial charge in [-0.2, -0.15) is 26.3 Å². The highest BCUT2D eigenvalue weighted by molar-refractivity contribution is 5.73. The number of nitrogens with one attached hydrogen (secondary N) is 1. The Labute approximate surface area is 217 Å². The first-order valence-corrected chi connectivity index (χ1v) is 10.9. The number of nitrogens with two attached hydrogens (primary N) is 1. The van der Waals surface area contributed by atoms with Crippen molar-refractivity contribution >= 4 is 11.9 Å². The van der Waals surface area contributed by atoms with E-state index in [0.717, 1.165) is 17.7 Å². The molecule has 3 rings (SSSR count). The molecule has 1 unspecified atom stereocenters. The third-order valence-corrected chi connectivity index (χ3v) is 4.60. The van der Waals surface area contributed by atoms with Crippen molar-refractivity contribution in [1.29, 1.82) is 0 Å². The van der Waals surface area contributed by atoms with Gasteiger partial charge in [0.15, 0.2) is 0 Å². The summed E-state index contributed by atoms with van der Waals surface area (Å²) in [5.74, 6) is -4.96. The molecule has 5 N–H and O–H groups in total. The molecule has 0 spiro atoms. The van der Waals surface area contributed by atoms with Crippen LogP contribution in [0.15, 0.2) is 35.1 Å². The molecule has 218 valence electrons. The standard InChI is InChI=1S/C18H24N4O3.2C2HF3O2/c1-22(11-15-12-24-6-7-25-15)10-13-4-2-3-5-16(13)18-20-14(9-19)8-17(23)21-18;2*3-2(4,5)1(6)7/h2-5,8,15H,6-7,9-12,19H2,1H3,(H,20,21,23);2*(H,6,7). The van der Waals surface area contributed by atoms with Gasteiger partial charge in [-0.3, -0.25) is 9.69 Å². The molecule has 11 nitrogen and oxygen atoms in total.